The second-order valence-corrected chi connectivity index (χ2v) is 6.35. The van der Waals surface area contributed by atoms with Crippen LogP contribution in [0.15, 0.2) is 42.7 Å². The number of nitrogens with two attached hydrogens (primary N) is 1. The molecule has 8 heteroatoms. The molecule has 2 rings (SSSR count). The molecule has 1 aromatic heterocycles. The molecule has 4 N–H and O–H groups in total. The zero-order chi connectivity index (χ0) is 18.9. The molecule has 8 nitrogen and oxygen atoms in total. The minimum Gasteiger partial charge on any atom is -0.353 e. The quantitative estimate of drug-likeness (QED) is 0.608. The lowest BCUT2D eigenvalue weighted by atomic mass is 10.0. The summed E-state index contributed by atoms with van der Waals surface area (Å²) in [5, 5.41) is 9.65. The molecule has 0 bridgehead atoms. The van der Waals surface area contributed by atoms with Crippen LogP contribution in [0.5, 0.6) is 0 Å². The van der Waals surface area contributed by atoms with E-state index < -0.39 is 0 Å². The largest absolute Gasteiger partial charge is 0.353 e. The number of nitrogens with one attached hydrogen (secondary N) is 2. The highest BCUT2D eigenvalue weighted by Crippen LogP contribution is 2.14. The lowest BCUT2D eigenvalue weighted by molar-refractivity contribution is -0.121. The second kappa shape index (κ2) is 9.69. The van der Waals surface area contributed by atoms with Gasteiger partial charge in [-0.25, -0.2) is 0 Å². The van der Waals surface area contributed by atoms with Gasteiger partial charge in [0.2, 0.25) is 11.8 Å². The average molecular weight is 358 g/mol. The van der Waals surface area contributed by atoms with Crippen LogP contribution in [0, 0.1) is 0 Å². The molecule has 140 valence electrons. The average Bonchev–Trinajstić information content (AvgIpc) is 3.01. The number of hydrogen-bond acceptors (Lipinski definition) is 5. The Labute approximate surface area is 153 Å². The minimum absolute atomic E-state index is 0.104. The van der Waals surface area contributed by atoms with Crippen molar-refractivity contribution in [1.82, 2.24) is 20.0 Å². The molecular weight excluding hydrogens is 332 g/mol. The first-order chi connectivity index (χ1) is 12.4. The van der Waals surface area contributed by atoms with E-state index in [1.165, 1.54) is 10.9 Å². The van der Waals surface area contributed by atoms with Crippen molar-refractivity contribution in [2.24, 2.45) is 5.73 Å². The van der Waals surface area contributed by atoms with Crippen molar-refractivity contribution in [1.29, 1.82) is 0 Å². The van der Waals surface area contributed by atoms with E-state index in [9.17, 15) is 9.59 Å². The Morgan fingerprint density at radius 1 is 1.23 bits per heavy atom. The van der Waals surface area contributed by atoms with Crippen molar-refractivity contribution < 1.29 is 9.59 Å². The number of rotatable bonds is 9. The molecule has 1 aromatic carbocycles. The molecule has 26 heavy (non-hydrogen) atoms. The fourth-order valence-corrected chi connectivity index (χ4v) is 2.37. The van der Waals surface area contributed by atoms with Gasteiger partial charge in [-0.05, 0) is 19.7 Å². The van der Waals surface area contributed by atoms with Crippen molar-refractivity contribution in [2.45, 2.75) is 19.0 Å². The Bertz CT molecular complexity index is 713. The van der Waals surface area contributed by atoms with Crippen molar-refractivity contribution in [3.05, 3.63) is 48.3 Å². The van der Waals surface area contributed by atoms with Gasteiger partial charge < -0.3 is 21.3 Å². The summed E-state index contributed by atoms with van der Waals surface area (Å²) < 4.78 is 1.48. The van der Waals surface area contributed by atoms with E-state index in [0.717, 1.165) is 12.1 Å². The zero-order valence-corrected chi connectivity index (χ0v) is 15.2. The summed E-state index contributed by atoms with van der Waals surface area (Å²) in [4.78, 5) is 25.9. The van der Waals surface area contributed by atoms with Crippen LogP contribution in [-0.2, 0) is 16.1 Å². The van der Waals surface area contributed by atoms with E-state index in [-0.39, 0.29) is 30.8 Å². The van der Waals surface area contributed by atoms with Gasteiger partial charge >= 0.3 is 0 Å². The van der Waals surface area contributed by atoms with Crippen molar-refractivity contribution in [3.63, 3.8) is 0 Å². The summed E-state index contributed by atoms with van der Waals surface area (Å²) in [7, 11) is 3.89. The maximum absolute atomic E-state index is 12.1. The van der Waals surface area contributed by atoms with Gasteiger partial charge in [0, 0.05) is 31.7 Å². The Kier molecular flexibility index (Phi) is 7.31. The van der Waals surface area contributed by atoms with Crippen molar-refractivity contribution in [2.75, 3.05) is 32.5 Å². The molecule has 2 aromatic rings. The van der Waals surface area contributed by atoms with Gasteiger partial charge in [-0.3, -0.25) is 14.3 Å². The van der Waals surface area contributed by atoms with E-state index in [1.807, 2.05) is 49.3 Å². The topological polar surface area (TPSA) is 105 Å². The Balaban J connectivity index is 1.78. The third kappa shape index (κ3) is 6.66. The number of likely N-dealkylation sites (N-methyl/N-ethyl adjacent to an activating group) is 1. The number of amides is 2. The SMILES string of the molecule is CN(C)CCNC(=O)Cn1cc(NC(=O)CC(N)c2ccccc2)cn1. The highest BCUT2D eigenvalue weighted by molar-refractivity contribution is 5.91. The predicted molar refractivity (Wildman–Crippen MR) is 100 cm³/mol. The van der Waals surface area contributed by atoms with Crippen LogP contribution < -0.4 is 16.4 Å². The molecule has 0 radical (unpaired) electrons. The molecule has 0 aliphatic rings. The molecular formula is C18H26N6O2. The first kappa shape index (κ1) is 19.6. The number of aromatic nitrogens is 2. The van der Waals surface area contributed by atoms with E-state index in [4.69, 9.17) is 5.73 Å². The summed E-state index contributed by atoms with van der Waals surface area (Å²) in [5.41, 5.74) is 7.50. The summed E-state index contributed by atoms with van der Waals surface area (Å²) in [5.74, 6) is -0.324. The second-order valence-electron chi connectivity index (χ2n) is 6.35. The van der Waals surface area contributed by atoms with Crippen LogP contribution in [-0.4, -0.2) is 53.7 Å². The van der Waals surface area contributed by atoms with Gasteiger partial charge in [-0.15, -0.1) is 0 Å². The first-order valence-electron chi connectivity index (χ1n) is 8.48. The number of carbonyl (C=O) groups is 2. The molecule has 0 spiro atoms. The fourth-order valence-electron chi connectivity index (χ4n) is 2.37. The first-order valence-corrected chi connectivity index (χ1v) is 8.48. The van der Waals surface area contributed by atoms with Gasteiger partial charge in [-0.2, -0.15) is 5.10 Å². The van der Waals surface area contributed by atoms with Crippen LogP contribution >= 0.6 is 0 Å². The van der Waals surface area contributed by atoms with Crippen LogP contribution in [0.1, 0.15) is 18.0 Å². The van der Waals surface area contributed by atoms with E-state index in [0.29, 0.717) is 12.2 Å². The molecule has 1 atom stereocenters. The highest BCUT2D eigenvalue weighted by Gasteiger charge is 2.12. The number of anilines is 1. The maximum atomic E-state index is 12.1. The number of nitrogens with zero attached hydrogens (tertiary/aromatic N) is 3. The molecule has 1 heterocycles. The molecule has 0 saturated heterocycles. The van der Waals surface area contributed by atoms with Crippen LogP contribution in [0.2, 0.25) is 0 Å². The fraction of sp³-hybridized carbons (Fsp3) is 0.389. The third-order valence-corrected chi connectivity index (χ3v) is 3.74. The molecule has 0 saturated carbocycles. The lowest BCUT2D eigenvalue weighted by Gasteiger charge is -2.11. The molecule has 0 fully saturated rings. The van der Waals surface area contributed by atoms with E-state index >= 15 is 0 Å². The Morgan fingerprint density at radius 3 is 2.65 bits per heavy atom. The normalized spacial score (nSPS) is 12.0. The van der Waals surface area contributed by atoms with Crippen LogP contribution in [0.25, 0.3) is 0 Å². The summed E-state index contributed by atoms with van der Waals surface area (Å²) in [6, 6.07) is 9.10. The van der Waals surface area contributed by atoms with Crippen molar-refractivity contribution >= 4 is 17.5 Å². The van der Waals surface area contributed by atoms with Gasteiger partial charge in [0.1, 0.15) is 6.54 Å². The minimum atomic E-state index is -0.367. The van der Waals surface area contributed by atoms with Gasteiger partial charge in [0.15, 0.2) is 0 Å². The van der Waals surface area contributed by atoms with Gasteiger partial charge in [0.25, 0.3) is 0 Å². The third-order valence-electron chi connectivity index (χ3n) is 3.74. The van der Waals surface area contributed by atoms with Crippen LogP contribution in [0.3, 0.4) is 0 Å². The summed E-state index contributed by atoms with van der Waals surface area (Å²) >= 11 is 0. The smallest absolute Gasteiger partial charge is 0.241 e. The van der Waals surface area contributed by atoms with Crippen molar-refractivity contribution in [3.8, 4) is 0 Å². The number of benzene rings is 1. The maximum Gasteiger partial charge on any atom is 0.241 e. The molecule has 0 aliphatic carbocycles. The lowest BCUT2D eigenvalue weighted by Crippen LogP contribution is -2.33. The zero-order valence-electron chi connectivity index (χ0n) is 15.2. The number of hydrogen-bond donors (Lipinski definition) is 3. The summed E-state index contributed by atoms with van der Waals surface area (Å²) in [6.45, 7) is 1.45. The standard InChI is InChI=1S/C18H26N6O2/c1-23(2)9-8-20-18(26)13-24-12-15(11-21-24)22-17(25)10-16(19)14-6-4-3-5-7-14/h3-7,11-12,16H,8-10,13,19H2,1-2H3,(H,20,26)(H,22,25). The Hall–Kier alpha value is -2.71. The van der Waals surface area contributed by atoms with Gasteiger partial charge in [0.05, 0.1) is 11.9 Å². The monoisotopic (exact) mass is 358 g/mol. The van der Waals surface area contributed by atoms with E-state index in [2.05, 4.69) is 15.7 Å². The predicted octanol–water partition coefficient (Wildman–Crippen LogP) is 0.590. The number of carbonyl (C=O) groups excluding carboxylic acids is 2. The summed E-state index contributed by atoms with van der Waals surface area (Å²) in [6.07, 6.45) is 3.30. The molecule has 1 unspecified atom stereocenters. The van der Waals surface area contributed by atoms with Crippen LogP contribution in [0.4, 0.5) is 5.69 Å². The molecule has 2 amide bonds. The van der Waals surface area contributed by atoms with E-state index in [1.54, 1.807) is 6.20 Å². The van der Waals surface area contributed by atoms with Gasteiger partial charge in [-0.1, -0.05) is 30.3 Å². The Morgan fingerprint density at radius 2 is 1.96 bits per heavy atom. The highest BCUT2D eigenvalue weighted by atomic mass is 16.2. The molecule has 0 aliphatic heterocycles.